The number of nitrogens with zero attached hydrogens (tertiary/aromatic N) is 3. The number of benzene rings is 8. The summed E-state index contributed by atoms with van der Waals surface area (Å²) in [4.78, 5) is 0. The number of rotatable bonds is 5. The summed E-state index contributed by atoms with van der Waals surface area (Å²) in [5.41, 5.74) is 15.2. The first-order valence-corrected chi connectivity index (χ1v) is 18.0. The van der Waals surface area contributed by atoms with E-state index in [1.807, 2.05) is 12.1 Å². The Morgan fingerprint density at radius 1 is 0.358 bits per heavy atom. The Kier molecular flexibility index (Phi) is 7.09. The summed E-state index contributed by atoms with van der Waals surface area (Å²) >= 11 is 0. The predicted molar refractivity (Wildman–Crippen MR) is 221 cm³/mol. The summed E-state index contributed by atoms with van der Waals surface area (Å²) in [5.74, 6) is 0. The fraction of sp³-hybridized carbons (Fsp3) is 0.0200. The summed E-state index contributed by atoms with van der Waals surface area (Å²) in [6.07, 6.45) is 0. The number of nitriles is 1. The normalized spacial score (nSPS) is 11.5. The second kappa shape index (κ2) is 12.3. The molecule has 0 bridgehead atoms. The van der Waals surface area contributed by atoms with Crippen molar-refractivity contribution in [2.24, 2.45) is 0 Å². The summed E-state index contributed by atoms with van der Waals surface area (Å²) in [6.45, 7) is 2.15. The van der Waals surface area contributed by atoms with Gasteiger partial charge < -0.3 is 9.13 Å². The second-order valence-electron chi connectivity index (χ2n) is 13.8. The van der Waals surface area contributed by atoms with E-state index in [0.29, 0.717) is 5.56 Å². The van der Waals surface area contributed by atoms with Crippen molar-refractivity contribution >= 4 is 43.6 Å². The molecule has 0 spiro atoms. The van der Waals surface area contributed by atoms with Gasteiger partial charge in [-0.25, -0.2) is 0 Å². The Morgan fingerprint density at radius 3 is 1.09 bits per heavy atom. The number of aromatic nitrogens is 2. The van der Waals surface area contributed by atoms with Gasteiger partial charge in [-0.3, -0.25) is 0 Å². The largest absolute Gasteiger partial charge is 0.309 e. The lowest BCUT2D eigenvalue weighted by atomic mass is 10.0. The van der Waals surface area contributed by atoms with Crippen molar-refractivity contribution in [1.29, 1.82) is 5.26 Å². The molecular formula is C50H33N3. The summed E-state index contributed by atoms with van der Waals surface area (Å²) < 4.78 is 4.64. The van der Waals surface area contributed by atoms with Crippen LogP contribution < -0.4 is 0 Å². The standard InChI is InChI=1S/C50H33N3/c1-33-17-21-47-43(25-33)44-28-38(35-11-5-2-6-12-35)18-22-48(44)52(47)41-26-34(32-51)27-42(31-41)53-49-23-19-39(36-13-7-3-8-14-36)29-45(49)46-30-40(20-24-50(46)53)37-15-9-4-10-16-37/h2-31H,1H3. The van der Waals surface area contributed by atoms with Gasteiger partial charge >= 0.3 is 0 Å². The zero-order valence-electron chi connectivity index (χ0n) is 29.2. The third-order valence-electron chi connectivity index (χ3n) is 10.6. The van der Waals surface area contributed by atoms with E-state index >= 15 is 0 Å². The molecule has 2 heterocycles. The molecule has 0 aliphatic rings. The molecule has 0 aliphatic carbocycles. The van der Waals surface area contributed by atoms with Gasteiger partial charge in [-0.2, -0.15) is 5.26 Å². The Hall–Kier alpha value is -7.15. The molecule has 3 nitrogen and oxygen atoms in total. The van der Waals surface area contributed by atoms with Crippen molar-refractivity contribution in [2.75, 3.05) is 0 Å². The van der Waals surface area contributed by atoms with Gasteiger partial charge in [0, 0.05) is 32.9 Å². The number of aryl methyl sites for hydroxylation is 1. The van der Waals surface area contributed by atoms with E-state index in [0.717, 1.165) is 33.4 Å². The molecule has 10 aromatic rings. The van der Waals surface area contributed by atoms with Crippen molar-refractivity contribution in [2.45, 2.75) is 6.92 Å². The van der Waals surface area contributed by atoms with Crippen LogP contribution in [0, 0.1) is 18.3 Å². The highest BCUT2D eigenvalue weighted by Crippen LogP contribution is 2.40. The third kappa shape index (κ3) is 5.12. The average Bonchev–Trinajstić information content (AvgIpc) is 3.73. The van der Waals surface area contributed by atoms with Crippen LogP contribution in [0.1, 0.15) is 11.1 Å². The molecular weight excluding hydrogens is 643 g/mol. The molecule has 53 heavy (non-hydrogen) atoms. The highest BCUT2D eigenvalue weighted by molar-refractivity contribution is 6.13. The molecule has 3 heteroatoms. The van der Waals surface area contributed by atoms with Crippen LogP contribution in [0.3, 0.4) is 0 Å². The van der Waals surface area contributed by atoms with E-state index in [9.17, 15) is 5.26 Å². The monoisotopic (exact) mass is 675 g/mol. The van der Waals surface area contributed by atoms with E-state index in [4.69, 9.17) is 0 Å². The minimum atomic E-state index is 0.609. The van der Waals surface area contributed by atoms with Crippen LogP contribution >= 0.6 is 0 Å². The number of fused-ring (bicyclic) bond motifs is 6. The highest BCUT2D eigenvalue weighted by atomic mass is 15.0. The molecule has 0 atom stereocenters. The molecule has 0 N–H and O–H groups in total. The lowest BCUT2D eigenvalue weighted by Crippen LogP contribution is -2.00. The molecule has 10 rings (SSSR count). The highest BCUT2D eigenvalue weighted by Gasteiger charge is 2.19. The van der Waals surface area contributed by atoms with Gasteiger partial charge in [0.05, 0.1) is 33.7 Å². The molecule has 0 radical (unpaired) electrons. The first-order valence-electron chi connectivity index (χ1n) is 18.0. The molecule has 0 unspecified atom stereocenters. The smallest absolute Gasteiger partial charge is 0.0993 e. The molecule has 8 aromatic carbocycles. The van der Waals surface area contributed by atoms with Gasteiger partial charge in [-0.15, -0.1) is 0 Å². The van der Waals surface area contributed by atoms with Crippen LogP contribution in [0.15, 0.2) is 182 Å². The van der Waals surface area contributed by atoms with Crippen LogP contribution in [0.5, 0.6) is 0 Å². The molecule has 0 aliphatic heterocycles. The van der Waals surface area contributed by atoms with Crippen LogP contribution in [0.4, 0.5) is 0 Å². The number of hydrogen-bond acceptors (Lipinski definition) is 1. The Bertz CT molecular complexity index is 2960. The van der Waals surface area contributed by atoms with Crippen molar-refractivity contribution in [3.05, 3.63) is 193 Å². The van der Waals surface area contributed by atoms with Crippen LogP contribution in [-0.2, 0) is 0 Å². The molecule has 0 fully saturated rings. The summed E-state index contributed by atoms with van der Waals surface area (Å²) in [6, 6.07) is 67.3. The average molecular weight is 676 g/mol. The molecule has 248 valence electrons. The van der Waals surface area contributed by atoms with Gasteiger partial charge in [0.1, 0.15) is 0 Å². The van der Waals surface area contributed by atoms with Gasteiger partial charge in [-0.1, -0.05) is 121 Å². The van der Waals surface area contributed by atoms with Gasteiger partial charge in [0.2, 0.25) is 0 Å². The maximum atomic E-state index is 10.5. The second-order valence-corrected chi connectivity index (χ2v) is 13.8. The van der Waals surface area contributed by atoms with E-state index in [1.165, 1.54) is 60.5 Å². The first-order chi connectivity index (χ1) is 26.1. The zero-order chi connectivity index (χ0) is 35.5. The molecule has 0 amide bonds. The maximum absolute atomic E-state index is 10.5. The SMILES string of the molecule is Cc1ccc2c(c1)c1cc(-c3ccccc3)ccc1n2-c1cc(C#N)cc(-n2c3ccc(-c4ccccc4)cc3c3cc(-c4ccccc4)ccc32)c1. The van der Waals surface area contributed by atoms with Crippen molar-refractivity contribution in [3.63, 3.8) is 0 Å². The summed E-state index contributed by atoms with van der Waals surface area (Å²) in [5, 5.41) is 15.2. The van der Waals surface area contributed by atoms with Crippen molar-refractivity contribution in [3.8, 4) is 50.8 Å². The number of hydrogen-bond donors (Lipinski definition) is 0. The Balaban J connectivity index is 1.23. The minimum absolute atomic E-state index is 0.609. The fourth-order valence-corrected chi connectivity index (χ4v) is 8.07. The van der Waals surface area contributed by atoms with E-state index < -0.39 is 0 Å². The van der Waals surface area contributed by atoms with Crippen LogP contribution in [-0.4, -0.2) is 9.13 Å². The lowest BCUT2D eigenvalue weighted by Gasteiger charge is -2.14. The first kappa shape index (κ1) is 30.7. The summed E-state index contributed by atoms with van der Waals surface area (Å²) in [7, 11) is 0. The maximum Gasteiger partial charge on any atom is 0.0993 e. The zero-order valence-corrected chi connectivity index (χ0v) is 29.2. The van der Waals surface area contributed by atoms with Gasteiger partial charge in [-0.05, 0) is 107 Å². The van der Waals surface area contributed by atoms with E-state index in [-0.39, 0.29) is 0 Å². The van der Waals surface area contributed by atoms with Crippen LogP contribution in [0.2, 0.25) is 0 Å². The van der Waals surface area contributed by atoms with E-state index in [1.54, 1.807) is 0 Å². The van der Waals surface area contributed by atoms with Gasteiger partial charge in [0.25, 0.3) is 0 Å². The molecule has 0 saturated heterocycles. The predicted octanol–water partition coefficient (Wildman–Crippen LogP) is 13.1. The minimum Gasteiger partial charge on any atom is -0.309 e. The topological polar surface area (TPSA) is 33.6 Å². The molecule has 2 aromatic heterocycles. The third-order valence-corrected chi connectivity index (χ3v) is 10.6. The van der Waals surface area contributed by atoms with Crippen molar-refractivity contribution in [1.82, 2.24) is 9.13 Å². The quantitative estimate of drug-likeness (QED) is 0.179. The van der Waals surface area contributed by atoms with Crippen LogP contribution in [0.25, 0.3) is 88.4 Å². The van der Waals surface area contributed by atoms with Crippen molar-refractivity contribution < 1.29 is 0 Å². The Labute approximate surface area is 307 Å². The lowest BCUT2D eigenvalue weighted by molar-refractivity contribution is 1.13. The Morgan fingerprint density at radius 2 is 0.717 bits per heavy atom. The van der Waals surface area contributed by atoms with Gasteiger partial charge in [0.15, 0.2) is 0 Å². The molecule has 0 saturated carbocycles. The fourth-order valence-electron chi connectivity index (χ4n) is 8.07. The van der Waals surface area contributed by atoms with E-state index in [2.05, 4.69) is 192 Å².